The van der Waals surface area contributed by atoms with E-state index >= 15 is 0 Å². The van der Waals surface area contributed by atoms with Gasteiger partial charge in [0, 0.05) is 12.5 Å². The Bertz CT molecular complexity index is 518. The molecule has 1 fully saturated rings. The van der Waals surface area contributed by atoms with E-state index < -0.39 is 0 Å². The van der Waals surface area contributed by atoms with Gasteiger partial charge in [-0.1, -0.05) is 48.3 Å². The summed E-state index contributed by atoms with van der Waals surface area (Å²) in [6.07, 6.45) is 7.96. The van der Waals surface area contributed by atoms with Gasteiger partial charge in [0.25, 0.3) is 0 Å². The maximum atomic E-state index is 5.65. The van der Waals surface area contributed by atoms with Crippen LogP contribution < -0.4 is 5.32 Å². The van der Waals surface area contributed by atoms with Crippen LogP contribution in [0.4, 0.5) is 6.01 Å². The molecule has 0 aliphatic heterocycles. The minimum absolute atomic E-state index is 0.521. The Hall–Kier alpha value is -1.84. The van der Waals surface area contributed by atoms with Crippen LogP contribution in [-0.2, 0) is 12.8 Å². The van der Waals surface area contributed by atoms with E-state index in [-0.39, 0.29) is 0 Å². The molecule has 0 radical (unpaired) electrons. The van der Waals surface area contributed by atoms with Crippen molar-refractivity contribution in [2.45, 2.75) is 51.0 Å². The highest BCUT2D eigenvalue weighted by molar-refractivity contribution is 5.20. The predicted molar refractivity (Wildman–Crippen MR) is 78.6 cm³/mol. The van der Waals surface area contributed by atoms with Gasteiger partial charge in [-0.05, 0) is 31.2 Å². The van der Waals surface area contributed by atoms with Gasteiger partial charge in [-0.3, -0.25) is 0 Å². The number of anilines is 1. The lowest BCUT2D eigenvalue weighted by atomic mass is 10.1. The lowest BCUT2D eigenvalue weighted by Gasteiger charge is -2.07. The number of hydrogen-bond acceptors (Lipinski definition) is 4. The van der Waals surface area contributed by atoms with Gasteiger partial charge in [0.1, 0.15) is 0 Å². The van der Waals surface area contributed by atoms with Crippen LogP contribution in [-0.4, -0.2) is 16.2 Å². The van der Waals surface area contributed by atoms with Crippen molar-refractivity contribution in [2.75, 3.05) is 5.32 Å². The van der Waals surface area contributed by atoms with E-state index in [4.69, 9.17) is 4.42 Å². The summed E-state index contributed by atoms with van der Waals surface area (Å²) < 4.78 is 5.65. The summed E-state index contributed by atoms with van der Waals surface area (Å²) in [6, 6.07) is 11.6. The van der Waals surface area contributed by atoms with E-state index in [0.717, 1.165) is 25.2 Å². The highest BCUT2D eigenvalue weighted by Gasteiger charge is 2.17. The van der Waals surface area contributed by atoms with Crippen molar-refractivity contribution in [1.29, 1.82) is 0 Å². The molecule has 0 saturated heterocycles. The zero-order valence-electron chi connectivity index (χ0n) is 11.7. The Morgan fingerprint density at radius 1 is 1.05 bits per heavy atom. The molecular formula is C16H21N3O. The first kappa shape index (κ1) is 13.2. The number of nitrogens with zero attached hydrogens (tertiary/aromatic N) is 2. The molecule has 4 heteroatoms. The first-order valence-electron chi connectivity index (χ1n) is 7.53. The van der Waals surface area contributed by atoms with Crippen molar-refractivity contribution in [3.05, 3.63) is 41.8 Å². The molecule has 1 aromatic carbocycles. The summed E-state index contributed by atoms with van der Waals surface area (Å²) in [4.78, 5) is 0. The summed E-state index contributed by atoms with van der Waals surface area (Å²) in [7, 11) is 0. The molecule has 1 aliphatic rings. The van der Waals surface area contributed by atoms with Crippen molar-refractivity contribution in [2.24, 2.45) is 0 Å². The smallest absolute Gasteiger partial charge is 0.315 e. The first-order valence-corrected chi connectivity index (χ1v) is 7.53. The van der Waals surface area contributed by atoms with Gasteiger partial charge < -0.3 is 9.73 Å². The second-order valence-corrected chi connectivity index (χ2v) is 5.47. The Morgan fingerprint density at radius 3 is 2.65 bits per heavy atom. The molecule has 1 saturated carbocycles. The summed E-state index contributed by atoms with van der Waals surface area (Å²) >= 11 is 0. The summed E-state index contributed by atoms with van der Waals surface area (Å²) in [5.41, 5.74) is 1.36. The number of rotatable bonds is 6. The highest BCUT2D eigenvalue weighted by atomic mass is 16.4. The molecule has 1 aromatic heterocycles. The SMILES string of the molecule is c1ccc(CCCc2nnc(NC3CCCC3)o2)cc1. The molecule has 0 amide bonds. The molecule has 2 aromatic rings. The second kappa shape index (κ2) is 6.55. The molecule has 20 heavy (non-hydrogen) atoms. The van der Waals surface area contributed by atoms with Crippen molar-refractivity contribution in [1.82, 2.24) is 10.2 Å². The normalized spacial score (nSPS) is 15.6. The van der Waals surface area contributed by atoms with Gasteiger partial charge in [-0.15, -0.1) is 5.10 Å². The molecule has 4 nitrogen and oxygen atoms in total. The average molecular weight is 271 g/mol. The van der Waals surface area contributed by atoms with Crippen molar-refractivity contribution < 1.29 is 4.42 Å². The molecule has 1 heterocycles. The van der Waals surface area contributed by atoms with Crippen molar-refractivity contribution in [3.63, 3.8) is 0 Å². The Kier molecular flexibility index (Phi) is 4.31. The highest BCUT2D eigenvalue weighted by Crippen LogP contribution is 2.21. The lowest BCUT2D eigenvalue weighted by molar-refractivity contribution is 0.490. The van der Waals surface area contributed by atoms with Crippen LogP contribution in [0, 0.1) is 0 Å². The Morgan fingerprint density at radius 2 is 1.85 bits per heavy atom. The van der Waals surface area contributed by atoms with E-state index in [1.165, 1.54) is 31.2 Å². The van der Waals surface area contributed by atoms with Crippen molar-refractivity contribution in [3.8, 4) is 0 Å². The first-order chi connectivity index (χ1) is 9.90. The lowest BCUT2D eigenvalue weighted by Crippen LogP contribution is -2.14. The fraction of sp³-hybridized carbons (Fsp3) is 0.500. The number of nitrogens with one attached hydrogen (secondary N) is 1. The van der Waals surface area contributed by atoms with Crippen molar-refractivity contribution >= 4 is 6.01 Å². The number of hydrogen-bond donors (Lipinski definition) is 1. The van der Waals surface area contributed by atoms with Crippen LogP contribution in [0.3, 0.4) is 0 Å². The van der Waals surface area contributed by atoms with E-state index in [2.05, 4.69) is 39.8 Å². The summed E-state index contributed by atoms with van der Waals surface area (Å²) in [5.74, 6) is 0.737. The molecule has 1 N–H and O–H groups in total. The minimum Gasteiger partial charge on any atom is -0.408 e. The van der Waals surface area contributed by atoms with Gasteiger partial charge >= 0.3 is 6.01 Å². The monoisotopic (exact) mass is 271 g/mol. The van der Waals surface area contributed by atoms with Crippen LogP contribution in [0.1, 0.15) is 43.6 Å². The standard InChI is InChI=1S/C16H21N3O/c1-2-7-13(8-3-1)9-6-12-15-18-19-16(20-15)17-14-10-4-5-11-14/h1-3,7-8,14H,4-6,9-12H2,(H,17,19). The fourth-order valence-corrected chi connectivity index (χ4v) is 2.75. The zero-order valence-corrected chi connectivity index (χ0v) is 11.7. The van der Waals surface area contributed by atoms with E-state index in [0.29, 0.717) is 12.1 Å². The van der Waals surface area contributed by atoms with Crippen LogP contribution in [0.5, 0.6) is 0 Å². The van der Waals surface area contributed by atoms with Gasteiger partial charge in [0.05, 0.1) is 0 Å². The number of aromatic nitrogens is 2. The number of aryl methyl sites for hydroxylation is 2. The van der Waals surface area contributed by atoms with Crippen LogP contribution in [0.2, 0.25) is 0 Å². The van der Waals surface area contributed by atoms with E-state index in [1.807, 2.05) is 6.07 Å². The average Bonchev–Trinajstić information content (AvgIpc) is 3.13. The van der Waals surface area contributed by atoms with Crippen LogP contribution >= 0.6 is 0 Å². The molecule has 3 rings (SSSR count). The van der Waals surface area contributed by atoms with Gasteiger partial charge in [-0.25, -0.2) is 0 Å². The zero-order chi connectivity index (χ0) is 13.6. The molecule has 0 unspecified atom stereocenters. The largest absolute Gasteiger partial charge is 0.408 e. The second-order valence-electron chi connectivity index (χ2n) is 5.47. The third kappa shape index (κ3) is 3.59. The Labute approximate surface area is 119 Å². The predicted octanol–water partition coefficient (Wildman–Crippen LogP) is 3.60. The molecule has 0 bridgehead atoms. The molecular weight excluding hydrogens is 250 g/mol. The molecule has 0 atom stereocenters. The molecule has 106 valence electrons. The molecule has 0 spiro atoms. The van der Waals surface area contributed by atoms with Crippen LogP contribution in [0.25, 0.3) is 0 Å². The van der Waals surface area contributed by atoms with Gasteiger partial charge in [0.15, 0.2) is 0 Å². The quantitative estimate of drug-likeness (QED) is 0.872. The number of benzene rings is 1. The van der Waals surface area contributed by atoms with Crippen LogP contribution in [0.15, 0.2) is 34.7 Å². The fourth-order valence-electron chi connectivity index (χ4n) is 2.75. The van der Waals surface area contributed by atoms with Gasteiger partial charge in [-0.2, -0.15) is 0 Å². The minimum atomic E-state index is 0.521. The Balaban J connectivity index is 1.45. The van der Waals surface area contributed by atoms with E-state index in [9.17, 15) is 0 Å². The third-order valence-corrected chi connectivity index (χ3v) is 3.85. The maximum absolute atomic E-state index is 5.65. The van der Waals surface area contributed by atoms with E-state index in [1.54, 1.807) is 0 Å². The third-order valence-electron chi connectivity index (χ3n) is 3.85. The topological polar surface area (TPSA) is 51.0 Å². The van der Waals surface area contributed by atoms with Gasteiger partial charge in [0.2, 0.25) is 5.89 Å². The summed E-state index contributed by atoms with van der Waals surface area (Å²) in [5, 5.41) is 11.5. The summed E-state index contributed by atoms with van der Waals surface area (Å²) in [6.45, 7) is 0. The molecule has 1 aliphatic carbocycles. The maximum Gasteiger partial charge on any atom is 0.315 e.